The van der Waals surface area contributed by atoms with E-state index < -0.39 is 5.97 Å². The van der Waals surface area contributed by atoms with E-state index >= 15 is 0 Å². The molecule has 3 heteroatoms. The van der Waals surface area contributed by atoms with E-state index in [2.05, 4.69) is 0 Å². The summed E-state index contributed by atoms with van der Waals surface area (Å²) in [4.78, 5) is 21.4. The highest BCUT2D eigenvalue weighted by Gasteiger charge is 2.20. The second kappa shape index (κ2) is 5.12. The second-order valence-corrected chi connectivity index (χ2v) is 4.07. The highest BCUT2D eigenvalue weighted by Crippen LogP contribution is 2.28. The molecule has 0 bridgehead atoms. The maximum Gasteiger partial charge on any atom is 0.373 e. The number of benzene rings is 1. The van der Waals surface area contributed by atoms with Crippen LogP contribution in [0.4, 0.5) is 0 Å². The fraction of sp³-hybridized carbons (Fsp3) is 0.385. The molecule has 0 N–H and O–H groups in total. The smallest absolute Gasteiger partial charge is 0.292 e. The molecule has 2 rings (SSSR count). The van der Waals surface area contributed by atoms with Crippen LogP contribution in [0.3, 0.4) is 0 Å². The molecule has 1 saturated carbocycles. The largest absolute Gasteiger partial charge is 0.373 e. The minimum Gasteiger partial charge on any atom is -0.292 e. The van der Waals surface area contributed by atoms with Crippen LogP contribution < -0.4 is 0 Å². The van der Waals surface area contributed by atoms with Crippen LogP contribution in [0.15, 0.2) is 24.3 Å². The predicted molar refractivity (Wildman–Crippen MR) is 59.4 cm³/mol. The molecule has 85 valence electrons. The minimum absolute atomic E-state index is 0.428. The second-order valence-electron chi connectivity index (χ2n) is 4.07. The lowest BCUT2D eigenvalue weighted by Gasteiger charge is -2.08. The lowest BCUT2D eigenvalue weighted by molar-refractivity contribution is -0.234. The van der Waals surface area contributed by atoms with E-state index in [0.717, 1.165) is 37.4 Å². The highest BCUT2D eigenvalue weighted by molar-refractivity contribution is 5.89. The third-order valence-corrected chi connectivity index (χ3v) is 2.65. The van der Waals surface area contributed by atoms with Crippen LogP contribution in [-0.4, -0.2) is 5.97 Å². The molecule has 0 heterocycles. The average Bonchev–Trinajstić information content (AvgIpc) is 2.78. The van der Waals surface area contributed by atoms with Crippen LogP contribution in [0.2, 0.25) is 0 Å². The fourth-order valence-corrected chi connectivity index (χ4v) is 1.77. The molecular weight excluding hydrogens is 204 g/mol. The first-order valence-corrected chi connectivity index (χ1v) is 5.56. The Balaban J connectivity index is 1.87. The molecular formula is C13H15O3. The van der Waals surface area contributed by atoms with E-state index in [1.54, 1.807) is 12.1 Å². The number of rotatable bonds is 3. The van der Waals surface area contributed by atoms with E-state index in [-0.39, 0.29) is 0 Å². The predicted octanol–water partition coefficient (Wildman–Crippen LogP) is 3.19. The van der Waals surface area contributed by atoms with Gasteiger partial charge in [-0.2, -0.15) is 4.89 Å². The van der Waals surface area contributed by atoms with Gasteiger partial charge in [0.2, 0.25) is 0 Å². The zero-order valence-electron chi connectivity index (χ0n) is 9.36. The Morgan fingerprint density at radius 3 is 2.69 bits per heavy atom. The summed E-state index contributed by atoms with van der Waals surface area (Å²) >= 11 is 0. The van der Waals surface area contributed by atoms with Gasteiger partial charge in [0, 0.05) is 0 Å². The molecule has 0 saturated heterocycles. The van der Waals surface area contributed by atoms with Gasteiger partial charge in [-0.1, -0.05) is 30.5 Å². The van der Waals surface area contributed by atoms with Crippen molar-refractivity contribution >= 4 is 5.97 Å². The Morgan fingerprint density at radius 2 is 2.00 bits per heavy atom. The standard InChI is InChI=1S/C13H15O3/c1-10-5-4-6-11(9-10)13(14)16-15-12-7-2-3-8-12/h4-6,9H,2-3,7-8H2,1H3. The molecule has 3 nitrogen and oxygen atoms in total. The molecule has 1 aliphatic rings. The fourth-order valence-electron chi connectivity index (χ4n) is 1.77. The van der Waals surface area contributed by atoms with Gasteiger partial charge in [-0.15, -0.1) is 0 Å². The van der Waals surface area contributed by atoms with E-state index in [1.807, 2.05) is 19.1 Å². The summed E-state index contributed by atoms with van der Waals surface area (Å²) in [6.07, 6.45) is 4.93. The van der Waals surface area contributed by atoms with Gasteiger partial charge in [0.15, 0.2) is 0 Å². The van der Waals surface area contributed by atoms with Crippen molar-refractivity contribution in [1.29, 1.82) is 0 Å². The molecule has 1 fully saturated rings. The molecule has 16 heavy (non-hydrogen) atoms. The maximum atomic E-state index is 11.6. The summed E-state index contributed by atoms with van der Waals surface area (Å²) in [5, 5.41) is 0. The topological polar surface area (TPSA) is 35.5 Å². The van der Waals surface area contributed by atoms with Gasteiger partial charge in [0.1, 0.15) is 6.10 Å². The summed E-state index contributed by atoms with van der Waals surface area (Å²) in [6, 6.07) is 7.26. The van der Waals surface area contributed by atoms with Crippen molar-refractivity contribution in [2.24, 2.45) is 0 Å². The summed E-state index contributed by atoms with van der Waals surface area (Å²) in [5.74, 6) is -0.428. The maximum absolute atomic E-state index is 11.6. The van der Waals surface area contributed by atoms with Gasteiger partial charge in [0.25, 0.3) is 0 Å². The first-order valence-electron chi connectivity index (χ1n) is 5.56. The average molecular weight is 219 g/mol. The number of aryl methyl sites for hydroxylation is 1. The number of carbonyl (C=O) groups is 1. The van der Waals surface area contributed by atoms with Crippen LogP contribution >= 0.6 is 0 Å². The SMILES string of the molecule is Cc1cccc(C(=O)OO[C]2CCCC2)c1. The van der Waals surface area contributed by atoms with Crippen molar-refractivity contribution < 1.29 is 14.6 Å². The van der Waals surface area contributed by atoms with Gasteiger partial charge >= 0.3 is 5.97 Å². The molecule has 0 atom stereocenters. The van der Waals surface area contributed by atoms with Crippen LogP contribution in [0.5, 0.6) is 0 Å². The van der Waals surface area contributed by atoms with E-state index in [4.69, 9.17) is 9.78 Å². The van der Waals surface area contributed by atoms with Gasteiger partial charge < -0.3 is 0 Å². The zero-order chi connectivity index (χ0) is 11.4. The summed E-state index contributed by atoms with van der Waals surface area (Å²) in [7, 11) is 0. The Labute approximate surface area is 95.3 Å². The molecule has 1 aliphatic carbocycles. The first-order chi connectivity index (χ1) is 7.75. The van der Waals surface area contributed by atoms with Crippen molar-refractivity contribution in [1.82, 2.24) is 0 Å². The number of carbonyl (C=O) groups excluding carboxylic acids is 1. The Bertz CT molecular complexity index is 367. The molecule has 0 aromatic heterocycles. The van der Waals surface area contributed by atoms with E-state index in [1.165, 1.54) is 0 Å². The monoisotopic (exact) mass is 219 g/mol. The Morgan fingerprint density at radius 1 is 1.25 bits per heavy atom. The summed E-state index contributed by atoms with van der Waals surface area (Å²) in [6.45, 7) is 1.93. The lowest BCUT2D eigenvalue weighted by Crippen LogP contribution is -2.08. The van der Waals surface area contributed by atoms with Crippen molar-refractivity contribution in [3.05, 3.63) is 41.5 Å². The molecule has 0 aliphatic heterocycles. The van der Waals surface area contributed by atoms with Crippen LogP contribution in [0, 0.1) is 13.0 Å². The number of hydrogen-bond donors (Lipinski definition) is 0. The summed E-state index contributed by atoms with van der Waals surface area (Å²) in [5.41, 5.74) is 1.56. The van der Waals surface area contributed by atoms with E-state index in [0.29, 0.717) is 5.56 Å². The number of hydrogen-bond acceptors (Lipinski definition) is 3. The molecule has 1 radical (unpaired) electrons. The van der Waals surface area contributed by atoms with Crippen molar-refractivity contribution in [2.45, 2.75) is 32.6 Å². The quantitative estimate of drug-likeness (QED) is 0.578. The van der Waals surface area contributed by atoms with Gasteiger partial charge in [0.05, 0.1) is 5.56 Å². The highest BCUT2D eigenvalue weighted by atomic mass is 17.2. The first kappa shape index (κ1) is 11.1. The summed E-state index contributed by atoms with van der Waals surface area (Å²) < 4.78 is 0. The van der Waals surface area contributed by atoms with Crippen LogP contribution in [-0.2, 0) is 9.78 Å². The molecule has 0 amide bonds. The van der Waals surface area contributed by atoms with Crippen LogP contribution in [0.1, 0.15) is 41.6 Å². The lowest BCUT2D eigenvalue weighted by atomic mass is 10.1. The zero-order valence-corrected chi connectivity index (χ0v) is 9.36. The van der Waals surface area contributed by atoms with Crippen molar-refractivity contribution in [2.75, 3.05) is 0 Å². The minimum atomic E-state index is -0.428. The van der Waals surface area contributed by atoms with E-state index in [9.17, 15) is 4.79 Å². The van der Waals surface area contributed by atoms with Crippen molar-refractivity contribution in [3.63, 3.8) is 0 Å². The van der Waals surface area contributed by atoms with Gasteiger partial charge in [-0.05, 0) is 31.9 Å². The Kier molecular flexibility index (Phi) is 3.57. The normalized spacial score (nSPS) is 16.3. The third kappa shape index (κ3) is 2.83. The van der Waals surface area contributed by atoms with Gasteiger partial charge in [-0.3, -0.25) is 4.89 Å². The van der Waals surface area contributed by atoms with Crippen molar-refractivity contribution in [3.8, 4) is 0 Å². The Hall–Kier alpha value is -1.35. The molecule has 1 aromatic carbocycles. The molecule has 0 unspecified atom stereocenters. The third-order valence-electron chi connectivity index (χ3n) is 2.65. The van der Waals surface area contributed by atoms with Crippen LogP contribution in [0.25, 0.3) is 0 Å². The molecule has 0 spiro atoms. The molecule has 1 aromatic rings. The van der Waals surface area contributed by atoms with Gasteiger partial charge in [-0.25, -0.2) is 4.79 Å².